The van der Waals surface area contributed by atoms with Gasteiger partial charge in [-0.15, -0.1) is 0 Å². The highest BCUT2D eigenvalue weighted by atomic mass is 16.6. The Kier molecular flexibility index (Phi) is 12.4. The molecule has 0 atom stereocenters. The van der Waals surface area contributed by atoms with Gasteiger partial charge in [0.15, 0.2) is 0 Å². The smallest absolute Gasteiger partial charge is 0.338 e. The van der Waals surface area contributed by atoms with Crippen molar-refractivity contribution in [3.8, 4) is 0 Å². The normalized spacial score (nSPS) is 7.86. The van der Waals surface area contributed by atoms with E-state index in [1.165, 1.54) is 0 Å². The molecular weight excluding hydrogens is 188 g/mol. The van der Waals surface area contributed by atoms with E-state index in [4.69, 9.17) is 5.11 Å². The van der Waals surface area contributed by atoms with Crippen molar-refractivity contribution in [2.45, 2.75) is 0 Å². The van der Waals surface area contributed by atoms with Gasteiger partial charge in [0.1, 0.15) is 0 Å². The third kappa shape index (κ3) is 13.2. The van der Waals surface area contributed by atoms with Crippen LogP contribution in [-0.4, -0.2) is 37.4 Å². The lowest BCUT2D eigenvalue weighted by atomic mass is 10.6. The van der Waals surface area contributed by atoms with E-state index in [0.717, 1.165) is 12.2 Å². The van der Waals surface area contributed by atoms with Gasteiger partial charge in [-0.05, 0) is 0 Å². The summed E-state index contributed by atoms with van der Waals surface area (Å²) < 4.78 is 8.48. The number of methoxy groups -OCH3 is 1. The molecule has 0 rings (SSSR count). The number of hydrogen-bond acceptors (Lipinski definition) is 5. The number of hydrogen-bond donors (Lipinski definition) is 1. The lowest BCUT2D eigenvalue weighted by Gasteiger charge is -1.90. The molecule has 0 aliphatic heterocycles. The summed E-state index contributed by atoms with van der Waals surface area (Å²) in [5.74, 6) is -1.53. The van der Waals surface area contributed by atoms with Crippen LogP contribution in [0.4, 0.5) is 0 Å². The van der Waals surface area contributed by atoms with Gasteiger partial charge in [0.2, 0.25) is 0 Å². The molecule has 0 bridgehead atoms. The molecular formula is C9H14O5. The van der Waals surface area contributed by atoms with Crippen LogP contribution < -0.4 is 0 Å². The monoisotopic (exact) mass is 202 g/mol. The minimum absolute atomic E-state index is 0.122. The van der Waals surface area contributed by atoms with Gasteiger partial charge in [-0.25, -0.2) is 9.59 Å². The number of aliphatic hydroxyl groups is 1. The largest absolute Gasteiger partial charge is 0.394 e. The Morgan fingerprint density at radius 1 is 1.29 bits per heavy atom. The molecule has 0 amide bonds. The molecule has 1 N–H and O–H groups in total. The number of rotatable bonds is 4. The average Bonchev–Trinajstić information content (AvgIpc) is 2.19. The highest BCUT2D eigenvalue weighted by molar-refractivity contribution is 5.95. The second kappa shape index (κ2) is 11.5. The molecule has 0 heterocycles. The van der Waals surface area contributed by atoms with Crippen molar-refractivity contribution in [1.29, 1.82) is 0 Å². The highest BCUT2D eigenvalue weighted by Crippen LogP contribution is 1.80. The van der Waals surface area contributed by atoms with Gasteiger partial charge in [0, 0.05) is 19.3 Å². The average molecular weight is 202 g/mol. The minimum atomic E-state index is -0.764. The number of esters is 2. The van der Waals surface area contributed by atoms with E-state index >= 15 is 0 Å². The predicted octanol–water partition coefficient (Wildman–Crippen LogP) is 0.0533. The predicted molar refractivity (Wildman–Crippen MR) is 50.5 cm³/mol. The first kappa shape index (κ1) is 15.0. The van der Waals surface area contributed by atoms with Crippen LogP contribution in [0.15, 0.2) is 25.3 Å². The summed E-state index contributed by atoms with van der Waals surface area (Å²) in [4.78, 5) is 20.3. The molecule has 14 heavy (non-hydrogen) atoms. The Bertz CT molecular complexity index is 177. The lowest BCUT2D eigenvalue weighted by molar-refractivity contribution is -0.152. The van der Waals surface area contributed by atoms with Gasteiger partial charge in [0.05, 0.1) is 13.2 Å². The lowest BCUT2D eigenvalue weighted by Crippen LogP contribution is -2.05. The maximum atomic E-state index is 10.2. The Morgan fingerprint density at radius 3 is 1.86 bits per heavy atom. The molecule has 0 unspecified atom stereocenters. The minimum Gasteiger partial charge on any atom is -0.394 e. The molecule has 80 valence electrons. The van der Waals surface area contributed by atoms with Gasteiger partial charge >= 0.3 is 11.9 Å². The third-order valence-corrected chi connectivity index (χ3v) is 0.830. The van der Waals surface area contributed by atoms with Crippen LogP contribution in [0.3, 0.4) is 0 Å². The summed E-state index contributed by atoms with van der Waals surface area (Å²) in [6, 6.07) is 0. The first-order valence-electron chi connectivity index (χ1n) is 3.72. The van der Waals surface area contributed by atoms with Crippen molar-refractivity contribution >= 4 is 11.9 Å². The Hall–Kier alpha value is -1.46. The van der Waals surface area contributed by atoms with Crippen LogP contribution in [0.25, 0.3) is 0 Å². The summed E-state index contributed by atoms with van der Waals surface area (Å²) in [5.41, 5.74) is 0. The van der Waals surface area contributed by atoms with Crippen LogP contribution in [0, 0.1) is 0 Å². The molecule has 5 nitrogen and oxygen atoms in total. The molecule has 0 aromatic carbocycles. The van der Waals surface area contributed by atoms with E-state index in [0.29, 0.717) is 6.61 Å². The van der Waals surface area contributed by atoms with Gasteiger partial charge in [0.25, 0.3) is 0 Å². The zero-order valence-corrected chi connectivity index (χ0v) is 8.06. The number of carbonyl (C=O) groups is 2. The molecule has 5 heteroatoms. The van der Waals surface area contributed by atoms with E-state index < -0.39 is 11.9 Å². The fraction of sp³-hybridized carbons (Fsp3) is 0.333. The van der Waals surface area contributed by atoms with Crippen molar-refractivity contribution in [1.82, 2.24) is 0 Å². The number of aliphatic hydroxyl groups excluding tert-OH is 1. The standard InChI is InChI=1S/C6H6O3.C3H8O2/c1-3-5(7)9-6(8)4-2;1-5-3-2-4/h3-4H,1-2H2;4H,2-3H2,1H3. The zero-order chi connectivity index (χ0) is 11.4. The first-order valence-corrected chi connectivity index (χ1v) is 3.72. The van der Waals surface area contributed by atoms with E-state index in [9.17, 15) is 9.59 Å². The van der Waals surface area contributed by atoms with E-state index in [1.807, 2.05) is 0 Å². The summed E-state index contributed by atoms with van der Waals surface area (Å²) >= 11 is 0. The maximum Gasteiger partial charge on any atom is 0.338 e. The molecule has 0 saturated heterocycles. The fourth-order valence-electron chi connectivity index (χ4n) is 0.274. The SMILES string of the molecule is C=CC(=O)OC(=O)C=C.COCCO. The molecule has 0 radical (unpaired) electrons. The molecule has 0 aromatic heterocycles. The van der Waals surface area contributed by atoms with E-state index in [1.54, 1.807) is 7.11 Å². The Labute approximate surface area is 82.6 Å². The van der Waals surface area contributed by atoms with Crippen LogP contribution >= 0.6 is 0 Å². The van der Waals surface area contributed by atoms with Gasteiger partial charge < -0.3 is 14.6 Å². The third-order valence-electron chi connectivity index (χ3n) is 0.830. The molecule has 0 aliphatic rings. The molecule has 0 spiro atoms. The fourth-order valence-corrected chi connectivity index (χ4v) is 0.274. The van der Waals surface area contributed by atoms with Gasteiger partial charge in [-0.2, -0.15) is 0 Å². The summed E-state index contributed by atoms with van der Waals surface area (Å²) in [6.07, 6.45) is 1.81. The Morgan fingerprint density at radius 2 is 1.71 bits per heavy atom. The van der Waals surface area contributed by atoms with Gasteiger partial charge in [-0.1, -0.05) is 13.2 Å². The van der Waals surface area contributed by atoms with Crippen LogP contribution in [-0.2, 0) is 19.1 Å². The van der Waals surface area contributed by atoms with Crippen molar-refractivity contribution in [2.24, 2.45) is 0 Å². The highest BCUT2D eigenvalue weighted by Gasteiger charge is 1.99. The van der Waals surface area contributed by atoms with Crippen molar-refractivity contribution < 1.29 is 24.2 Å². The quantitative estimate of drug-likeness (QED) is 0.396. The Balaban J connectivity index is 0. The van der Waals surface area contributed by atoms with Crippen LogP contribution in [0.2, 0.25) is 0 Å². The summed E-state index contributed by atoms with van der Waals surface area (Å²) in [5, 5.41) is 7.94. The second-order valence-electron chi connectivity index (χ2n) is 1.86. The van der Waals surface area contributed by atoms with Crippen molar-refractivity contribution in [2.75, 3.05) is 20.3 Å². The van der Waals surface area contributed by atoms with Gasteiger partial charge in [-0.3, -0.25) is 0 Å². The van der Waals surface area contributed by atoms with E-state index in [2.05, 4.69) is 22.6 Å². The number of carbonyl (C=O) groups excluding carboxylic acids is 2. The maximum absolute atomic E-state index is 10.2. The zero-order valence-electron chi connectivity index (χ0n) is 8.06. The van der Waals surface area contributed by atoms with E-state index in [-0.39, 0.29) is 6.61 Å². The molecule has 0 aliphatic carbocycles. The summed E-state index contributed by atoms with van der Waals surface area (Å²) in [6.45, 7) is 6.74. The molecule has 0 fully saturated rings. The first-order chi connectivity index (χ1) is 6.62. The topological polar surface area (TPSA) is 72.8 Å². The summed E-state index contributed by atoms with van der Waals surface area (Å²) in [7, 11) is 1.55. The second-order valence-corrected chi connectivity index (χ2v) is 1.86. The van der Waals surface area contributed by atoms with Crippen molar-refractivity contribution in [3.05, 3.63) is 25.3 Å². The van der Waals surface area contributed by atoms with Crippen molar-refractivity contribution in [3.63, 3.8) is 0 Å². The van der Waals surface area contributed by atoms with Crippen LogP contribution in [0.1, 0.15) is 0 Å². The number of ether oxygens (including phenoxy) is 2. The molecule has 0 aromatic rings. The van der Waals surface area contributed by atoms with Crippen LogP contribution in [0.5, 0.6) is 0 Å². The molecule has 0 saturated carbocycles.